The van der Waals surface area contributed by atoms with Crippen molar-refractivity contribution in [1.82, 2.24) is 0 Å². The number of ether oxygens (including phenoxy) is 4. The molecule has 0 aliphatic carbocycles. The highest BCUT2D eigenvalue weighted by Crippen LogP contribution is 2.19. The lowest BCUT2D eigenvalue weighted by molar-refractivity contribution is -0.0608. The fourth-order valence-electron chi connectivity index (χ4n) is 1.31. The van der Waals surface area contributed by atoms with Crippen molar-refractivity contribution in [2.45, 2.75) is 0 Å². The van der Waals surface area contributed by atoms with Crippen LogP contribution in [0.1, 0.15) is 0 Å². The van der Waals surface area contributed by atoms with Crippen LogP contribution in [0, 0.1) is 5.41 Å². The minimum absolute atomic E-state index is 0.0999. The molecule has 0 saturated heterocycles. The molecule has 4 N–H and O–H groups in total. The van der Waals surface area contributed by atoms with Crippen LogP contribution < -0.4 is 11.5 Å². The molecule has 0 rings (SSSR count). The third kappa shape index (κ3) is 6.59. The molecule has 0 atom stereocenters. The maximum Gasteiger partial charge on any atom is 0.404 e. The van der Waals surface area contributed by atoms with E-state index in [0.717, 1.165) is 0 Å². The molecular weight excluding hydrogens is 232 g/mol. The van der Waals surface area contributed by atoms with Crippen LogP contribution in [0.3, 0.4) is 0 Å². The van der Waals surface area contributed by atoms with E-state index in [-0.39, 0.29) is 26.4 Å². The Labute approximate surface area is 99.1 Å². The van der Waals surface area contributed by atoms with E-state index in [9.17, 15) is 9.59 Å². The Morgan fingerprint density at radius 2 is 1.24 bits per heavy atom. The highest BCUT2D eigenvalue weighted by molar-refractivity contribution is 5.65. The molecule has 0 aromatic rings. The van der Waals surface area contributed by atoms with Crippen molar-refractivity contribution in [3.8, 4) is 0 Å². The first kappa shape index (κ1) is 15.5. The van der Waals surface area contributed by atoms with E-state index < -0.39 is 17.6 Å². The van der Waals surface area contributed by atoms with E-state index in [1.54, 1.807) is 0 Å². The normalized spacial score (nSPS) is 10.9. The molecule has 100 valence electrons. The molecule has 0 bridgehead atoms. The van der Waals surface area contributed by atoms with Crippen LogP contribution in [0.4, 0.5) is 9.59 Å². The van der Waals surface area contributed by atoms with Crippen molar-refractivity contribution < 1.29 is 28.5 Å². The SMILES string of the molecule is COCC(COC)(COC(N)=O)COC(N)=O. The summed E-state index contributed by atoms with van der Waals surface area (Å²) in [4.78, 5) is 21.2. The first-order chi connectivity index (χ1) is 7.95. The summed E-state index contributed by atoms with van der Waals surface area (Å²) in [5, 5.41) is 0. The Morgan fingerprint density at radius 3 is 1.47 bits per heavy atom. The zero-order valence-corrected chi connectivity index (χ0v) is 9.93. The van der Waals surface area contributed by atoms with Gasteiger partial charge < -0.3 is 30.4 Å². The Kier molecular flexibility index (Phi) is 6.99. The molecule has 0 aromatic heterocycles. The summed E-state index contributed by atoms with van der Waals surface area (Å²) in [5.41, 5.74) is 8.92. The van der Waals surface area contributed by atoms with Crippen LogP contribution in [0.15, 0.2) is 0 Å². The van der Waals surface area contributed by atoms with Gasteiger partial charge in [0, 0.05) is 14.2 Å². The number of methoxy groups -OCH3 is 2. The van der Waals surface area contributed by atoms with Gasteiger partial charge in [-0.15, -0.1) is 0 Å². The van der Waals surface area contributed by atoms with E-state index in [0.29, 0.717) is 0 Å². The number of nitrogens with two attached hydrogens (primary N) is 2. The smallest absolute Gasteiger partial charge is 0.404 e. The van der Waals surface area contributed by atoms with Crippen molar-refractivity contribution in [1.29, 1.82) is 0 Å². The summed E-state index contributed by atoms with van der Waals surface area (Å²) in [6, 6.07) is 0. The van der Waals surface area contributed by atoms with Crippen molar-refractivity contribution in [3.05, 3.63) is 0 Å². The summed E-state index contributed by atoms with van der Waals surface area (Å²) in [6.45, 7) is 0.109. The number of amides is 2. The Bertz CT molecular complexity index is 232. The summed E-state index contributed by atoms with van der Waals surface area (Å²) in [5.74, 6) is 0. The van der Waals surface area contributed by atoms with Gasteiger partial charge in [0.2, 0.25) is 0 Å². The number of hydrogen-bond acceptors (Lipinski definition) is 6. The highest BCUT2D eigenvalue weighted by atomic mass is 16.6. The molecule has 17 heavy (non-hydrogen) atoms. The van der Waals surface area contributed by atoms with E-state index in [4.69, 9.17) is 30.4 Å². The molecular formula is C9H18N2O6. The summed E-state index contributed by atoms with van der Waals surface area (Å²) in [6.07, 6.45) is -1.86. The van der Waals surface area contributed by atoms with Crippen molar-refractivity contribution in [3.63, 3.8) is 0 Å². The van der Waals surface area contributed by atoms with Gasteiger partial charge >= 0.3 is 12.2 Å². The summed E-state index contributed by atoms with van der Waals surface area (Å²) in [7, 11) is 2.91. The average Bonchev–Trinajstić information content (AvgIpc) is 2.24. The number of carbonyl (C=O) groups excluding carboxylic acids is 2. The van der Waals surface area contributed by atoms with E-state index >= 15 is 0 Å². The van der Waals surface area contributed by atoms with Gasteiger partial charge in [0.25, 0.3) is 0 Å². The van der Waals surface area contributed by atoms with Crippen molar-refractivity contribution in [2.24, 2.45) is 16.9 Å². The number of primary amides is 2. The maximum atomic E-state index is 10.6. The monoisotopic (exact) mass is 250 g/mol. The van der Waals surface area contributed by atoms with E-state index in [2.05, 4.69) is 0 Å². The van der Waals surface area contributed by atoms with Crippen LogP contribution in [0.5, 0.6) is 0 Å². The molecule has 0 saturated carbocycles. The molecule has 0 aromatic carbocycles. The largest absolute Gasteiger partial charge is 0.449 e. The van der Waals surface area contributed by atoms with Gasteiger partial charge in [-0.1, -0.05) is 0 Å². The molecule has 0 radical (unpaired) electrons. The molecule has 0 spiro atoms. The number of carbonyl (C=O) groups is 2. The van der Waals surface area contributed by atoms with Crippen LogP contribution in [0.25, 0.3) is 0 Å². The third-order valence-electron chi connectivity index (χ3n) is 1.94. The predicted octanol–water partition coefficient (Wildman–Crippen LogP) is -0.544. The van der Waals surface area contributed by atoms with E-state index in [1.807, 2.05) is 0 Å². The molecule has 0 aliphatic rings. The van der Waals surface area contributed by atoms with Crippen LogP contribution in [-0.2, 0) is 18.9 Å². The summed E-state index contributed by atoms with van der Waals surface area (Å²) < 4.78 is 19.3. The van der Waals surface area contributed by atoms with Gasteiger partial charge in [-0.25, -0.2) is 9.59 Å². The zero-order valence-electron chi connectivity index (χ0n) is 9.93. The second-order valence-electron chi connectivity index (χ2n) is 3.58. The molecule has 0 heterocycles. The van der Waals surface area contributed by atoms with Crippen molar-refractivity contribution in [2.75, 3.05) is 40.6 Å². The lowest BCUT2D eigenvalue weighted by atomic mass is 9.92. The van der Waals surface area contributed by atoms with Gasteiger partial charge in [0.05, 0.1) is 18.6 Å². The van der Waals surface area contributed by atoms with Crippen LogP contribution in [-0.4, -0.2) is 52.8 Å². The second-order valence-corrected chi connectivity index (χ2v) is 3.58. The van der Waals surface area contributed by atoms with Crippen LogP contribution in [0.2, 0.25) is 0 Å². The van der Waals surface area contributed by atoms with Gasteiger partial charge in [0.1, 0.15) is 13.2 Å². The molecule has 8 nitrogen and oxygen atoms in total. The minimum Gasteiger partial charge on any atom is -0.449 e. The topological polar surface area (TPSA) is 123 Å². The fourth-order valence-corrected chi connectivity index (χ4v) is 1.31. The van der Waals surface area contributed by atoms with Crippen LogP contribution >= 0.6 is 0 Å². The second kappa shape index (κ2) is 7.69. The first-order valence-electron chi connectivity index (χ1n) is 4.78. The Balaban J connectivity index is 4.57. The Morgan fingerprint density at radius 1 is 0.882 bits per heavy atom. The average molecular weight is 250 g/mol. The zero-order chi connectivity index (χ0) is 13.3. The first-order valence-corrected chi connectivity index (χ1v) is 4.78. The maximum absolute atomic E-state index is 10.6. The van der Waals surface area contributed by atoms with Gasteiger partial charge in [0.15, 0.2) is 0 Å². The van der Waals surface area contributed by atoms with Crippen molar-refractivity contribution >= 4 is 12.2 Å². The number of hydrogen-bond donors (Lipinski definition) is 2. The fraction of sp³-hybridized carbons (Fsp3) is 0.778. The molecule has 0 fully saturated rings. The van der Waals surface area contributed by atoms with Gasteiger partial charge in [-0.05, 0) is 0 Å². The highest BCUT2D eigenvalue weighted by Gasteiger charge is 2.34. The molecule has 8 heteroatoms. The van der Waals surface area contributed by atoms with Gasteiger partial charge in [-0.2, -0.15) is 0 Å². The Hall–Kier alpha value is -1.54. The molecule has 2 amide bonds. The quantitative estimate of drug-likeness (QED) is 0.596. The lowest BCUT2D eigenvalue weighted by Gasteiger charge is -2.30. The standard InChI is InChI=1S/C9H18N2O6/c1-14-3-9(4-15-2,5-16-7(10)12)6-17-8(11)13/h3-6H2,1-2H3,(H2,10,12)(H2,11,13). The van der Waals surface area contributed by atoms with Gasteiger partial charge in [-0.3, -0.25) is 0 Å². The lowest BCUT2D eigenvalue weighted by Crippen LogP contribution is -2.43. The minimum atomic E-state index is -0.930. The predicted molar refractivity (Wildman–Crippen MR) is 57.3 cm³/mol. The third-order valence-corrected chi connectivity index (χ3v) is 1.94. The number of rotatable bonds is 8. The molecule has 0 unspecified atom stereocenters. The summed E-state index contributed by atoms with van der Waals surface area (Å²) >= 11 is 0. The van der Waals surface area contributed by atoms with E-state index in [1.165, 1.54) is 14.2 Å². The molecule has 0 aliphatic heterocycles.